The maximum absolute atomic E-state index is 12.9. The van der Waals surface area contributed by atoms with Gasteiger partial charge in [-0.05, 0) is 62.2 Å². The lowest BCUT2D eigenvalue weighted by atomic mass is 10.1. The van der Waals surface area contributed by atoms with Crippen molar-refractivity contribution in [2.24, 2.45) is 0 Å². The van der Waals surface area contributed by atoms with Crippen LogP contribution in [-0.2, 0) is 16.1 Å². The Morgan fingerprint density at radius 3 is 2.48 bits per heavy atom. The van der Waals surface area contributed by atoms with Gasteiger partial charge in [0.05, 0.1) is 6.61 Å². The molecule has 156 valence electrons. The Bertz CT molecular complexity index is 812. The van der Waals surface area contributed by atoms with E-state index in [1.807, 2.05) is 19.1 Å². The van der Waals surface area contributed by atoms with Crippen LogP contribution in [-0.4, -0.2) is 35.9 Å². The van der Waals surface area contributed by atoms with Gasteiger partial charge >= 0.3 is 0 Å². The molecule has 0 saturated heterocycles. The maximum Gasteiger partial charge on any atom is 0.242 e. The molecule has 0 aliphatic rings. The van der Waals surface area contributed by atoms with E-state index < -0.39 is 6.04 Å². The predicted molar refractivity (Wildman–Crippen MR) is 116 cm³/mol. The number of carbonyl (C=O) groups is 2. The minimum absolute atomic E-state index is 0.108. The number of nitrogens with one attached hydrogen (secondary N) is 1. The van der Waals surface area contributed by atoms with Gasteiger partial charge in [-0.1, -0.05) is 35.3 Å². The SMILES string of the molecule is CCNC(=O)[C@@H](C)N(Cc1cccc(Cl)c1)C(=O)CCCOc1ccc(Cl)cc1. The molecular formula is C22H26Cl2N2O3. The van der Waals surface area contributed by atoms with E-state index in [2.05, 4.69) is 5.32 Å². The van der Waals surface area contributed by atoms with Crippen LogP contribution in [0, 0.1) is 0 Å². The summed E-state index contributed by atoms with van der Waals surface area (Å²) in [5.74, 6) is 0.414. The van der Waals surface area contributed by atoms with E-state index >= 15 is 0 Å². The zero-order valence-corrected chi connectivity index (χ0v) is 18.2. The second kappa shape index (κ2) is 11.7. The quantitative estimate of drug-likeness (QED) is 0.548. The number of amides is 2. The van der Waals surface area contributed by atoms with E-state index in [0.717, 1.165) is 5.56 Å². The number of ether oxygens (including phenoxy) is 1. The van der Waals surface area contributed by atoms with E-state index in [0.29, 0.717) is 41.9 Å². The molecule has 5 nitrogen and oxygen atoms in total. The van der Waals surface area contributed by atoms with Crippen LogP contribution in [0.15, 0.2) is 48.5 Å². The third-order valence-corrected chi connectivity index (χ3v) is 4.86. The van der Waals surface area contributed by atoms with Crippen molar-refractivity contribution in [2.45, 2.75) is 39.3 Å². The van der Waals surface area contributed by atoms with Crippen molar-refractivity contribution in [2.75, 3.05) is 13.2 Å². The zero-order chi connectivity index (χ0) is 21.2. The lowest BCUT2D eigenvalue weighted by Gasteiger charge is -2.29. The third-order valence-electron chi connectivity index (χ3n) is 4.38. The number of carbonyl (C=O) groups excluding carboxylic acids is 2. The first kappa shape index (κ1) is 23.0. The number of nitrogens with zero attached hydrogens (tertiary/aromatic N) is 1. The topological polar surface area (TPSA) is 58.6 Å². The van der Waals surface area contributed by atoms with Crippen molar-refractivity contribution in [1.82, 2.24) is 10.2 Å². The van der Waals surface area contributed by atoms with Crippen LogP contribution in [0.2, 0.25) is 10.0 Å². The molecule has 2 aromatic carbocycles. The molecule has 1 N–H and O–H groups in total. The van der Waals surface area contributed by atoms with Crippen LogP contribution < -0.4 is 10.1 Å². The molecule has 0 bridgehead atoms. The third kappa shape index (κ3) is 7.59. The van der Waals surface area contributed by atoms with Crippen LogP contribution in [0.1, 0.15) is 32.3 Å². The number of rotatable bonds is 10. The molecule has 0 fully saturated rings. The number of hydrogen-bond donors (Lipinski definition) is 1. The van der Waals surface area contributed by atoms with Crippen molar-refractivity contribution in [1.29, 1.82) is 0 Å². The minimum Gasteiger partial charge on any atom is -0.494 e. The Hall–Kier alpha value is -2.24. The summed E-state index contributed by atoms with van der Waals surface area (Å²) in [5, 5.41) is 4.01. The molecule has 0 aliphatic carbocycles. The summed E-state index contributed by atoms with van der Waals surface area (Å²) in [6.07, 6.45) is 0.813. The number of halogens is 2. The molecular weight excluding hydrogens is 411 g/mol. The van der Waals surface area contributed by atoms with Gasteiger partial charge < -0.3 is 15.0 Å². The van der Waals surface area contributed by atoms with Crippen LogP contribution in [0.3, 0.4) is 0 Å². The highest BCUT2D eigenvalue weighted by Crippen LogP contribution is 2.17. The van der Waals surface area contributed by atoms with Crippen molar-refractivity contribution in [3.8, 4) is 5.75 Å². The Balaban J connectivity index is 1.97. The average molecular weight is 437 g/mol. The van der Waals surface area contributed by atoms with Crippen LogP contribution in [0.5, 0.6) is 5.75 Å². The smallest absolute Gasteiger partial charge is 0.242 e. The van der Waals surface area contributed by atoms with Gasteiger partial charge in [0.1, 0.15) is 11.8 Å². The molecule has 0 saturated carbocycles. The van der Waals surface area contributed by atoms with Gasteiger partial charge in [-0.25, -0.2) is 0 Å². The van der Waals surface area contributed by atoms with E-state index in [1.165, 1.54) is 0 Å². The van der Waals surface area contributed by atoms with E-state index in [9.17, 15) is 9.59 Å². The molecule has 7 heteroatoms. The monoisotopic (exact) mass is 436 g/mol. The maximum atomic E-state index is 12.9. The zero-order valence-electron chi connectivity index (χ0n) is 16.7. The second-order valence-electron chi connectivity index (χ2n) is 6.63. The standard InChI is InChI=1S/C22H26Cl2N2O3/c1-3-25-22(28)16(2)26(15-17-6-4-7-19(24)14-17)21(27)8-5-13-29-20-11-9-18(23)10-12-20/h4,6-7,9-12,14,16H,3,5,8,13,15H2,1-2H3,(H,25,28)/t16-/m1/s1. The molecule has 2 rings (SSSR count). The molecule has 2 amide bonds. The molecule has 0 spiro atoms. The largest absolute Gasteiger partial charge is 0.494 e. The fraction of sp³-hybridized carbons (Fsp3) is 0.364. The molecule has 1 atom stereocenters. The Morgan fingerprint density at radius 2 is 1.83 bits per heavy atom. The van der Waals surface area contributed by atoms with Gasteiger partial charge in [0.15, 0.2) is 0 Å². The summed E-state index contributed by atoms with van der Waals surface area (Å²) in [5.41, 5.74) is 0.874. The Kier molecular flexibility index (Phi) is 9.29. The van der Waals surface area contributed by atoms with Gasteiger partial charge in [0.2, 0.25) is 11.8 Å². The highest BCUT2D eigenvalue weighted by atomic mass is 35.5. The summed E-state index contributed by atoms with van der Waals surface area (Å²) in [7, 11) is 0. The summed E-state index contributed by atoms with van der Waals surface area (Å²) < 4.78 is 5.65. The van der Waals surface area contributed by atoms with Gasteiger partial charge in [-0.15, -0.1) is 0 Å². The lowest BCUT2D eigenvalue weighted by molar-refractivity contribution is -0.140. The first-order valence-electron chi connectivity index (χ1n) is 9.60. The molecule has 0 aromatic heterocycles. The molecule has 29 heavy (non-hydrogen) atoms. The molecule has 0 heterocycles. The Morgan fingerprint density at radius 1 is 1.10 bits per heavy atom. The van der Waals surface area contributed by atoms with Crippen molar-refractivity contribution < 1.29 is 14.3 Å². The fourth-order valence-corrected chi connectivity index (χ4v) is 3.16. The minimum atomic E-state index is -0.585. The van der Waals surface area contributed by atoms with Gasteiger partial charge in [-0.3, -0.25) is 9.59 Å². The molecule has 0 aliphatic heterocycles. The molecule has 2 aromatic rings. The number of benzene rings is 2. The first-order valence-corrected chi connectivity index (χ1v) is 10.4. The first-order chi connectivity index (χ1) is 13.9. The van der Waals surface area contributed by atoms with Crippen molar-refractivity contribution in [3.63, 3.8) is 0 Å². The highest BCUT2D eigenvalue weighted by molar-refractivity contribution is 6.30. The summed E-state index contributed by atoms with van der Waals surface area (Å²) in [6.45, 7) is 4.81. The van der Waals surface area contributed by atoms with Gasteiger partial charge in [-0.2, -0.15) is 0 Å². The summed E-state index contributed by atoms with van der Waals surface area (Å²) in [4.78, 5) is 26.8. The normalized spacial score (nSPS) is 11.6. The fourth-order valence-electron chi connectivity index (χ4n) is 2.82. The highest BCUT2D eigenvalue weighted by Gasteiger charge is 2.25. The van der Waals surface area contributed by atoms with E-state index in [4.69, 9.17) is 27.9 Å². The van der Waals surface area contributed by atoms with Crippen molar-refractivity contribution in [3.05, 3.63) is 64.1 Å². The second-order valence-corrected chi connectivity index (χ2v) is 7.50. The van der Waals surface area contributed by atoms with Crippen LogP contribution in [0.4, 0.5) is 0 Å². The number of hydrogen-bond acceptors (Lipinski definition) is 3. The molecule has 0 unspecified atom stereocenters. The predicted octanol–water partition coefficient (Wildman–Crippen LogP) is 4.71. The average Bonchev–Trinajstić information content (AvgIpc) is 2.70. The van der Waals surface area contributed by atoms with Crippen LogP contribution in [0.25, 0.3) is 0 Å². The van der Waals surface area contributed by atoms with E-state index in [-0.39, 0.29) is 18.2 Å². The van der Waals surface area contributed by atoms with Gasteiger partial charge in [0, 0.05) is 29.6 Å². The van der Waals surface area contributed by atoms with E-state index in [1.54, 1.807) is 48.2 Å². The lowest BCUT2D eigenvalue weighted by Crippen LogP contribution is -2.47. The molecule has 0 radical (unpaired) electrons. The van der Waals surface area contributed by atoms with Gasteiger partial charge in [0.25, 0.3) is 0 Å². The van der Waals surface area contributed by atoms with Crippen LogP contribution >= 0.6 is 23.2 Å². The summed E-state index contributed by atoms with van der Waals surface area (Å²) >= 11 is 11.9. The Labute approximate surface area is 181 Å². The van der Waals surface area contributed by atoms with Crippen molar-refractivity contribution >= 4 is 35.0 Å². The number of likely N-dealkylation sites (N-methyl/N-ethyl adjacent to an activating group) is 1. The summed E-state index contributed by atoms with van der Waals surface area (Å²) in [6, 6.07) is 13.8.